The van der Waals surface area contributed by atoms with E-state index in [0.717, 1.165) is 128 Å². The van der Waals surface area contributed by atoms with Gasteiger partial charge in [-0.1, -0.05) is 156 Å². The molecule has 0 aliphatic carbocycles. The number of Topliss-reactive ketones (excluding diaryl/α,β-unsaturated/α-hetero) is 1. The van der Waals surface area contributed by atoms with Gasteiger partial charge in [0, 0.05) is 51.1 Å². The van der Waals surface area contributed by atoms with Crippen molar-refractivity contribution in [2.45, 2.75) is 259 Å². The summed E-state index contributed by atoms with van der Waals surface area (Å²) in [7, 11) is 0. The van der Waals surface area contributed by atoms with Crippen LogP contribution in [0.4, 0.5) is 4.79 Å². The molecule has 2 atom stereocenters. The molecular formula is C54H97NO13. The molecule has 0 aliphatic heterocycles. The number of nitrogens with zero attached hydrogens (tertiary/aromatic N) is 1. The number of ketones is 1. The second kappa shape index (κ2) is 43.3. The third-order valence-corrected chi connectivity index (χ3v) is 11.5. The Morgan fingerprint density at radius 3 is 1.10 bits per heavy atom. The molecule has 14 heteroatoms. The molecule has 0 saturated heterocycles. The zero-order valence-electron chi connectivity index (χ0n) is 44.1. The van der Waals surface area contributed by atoms with Crippen molar-refractivity contribution < 1.29 is 62.0 Å². The van der Waals surface area contributed by atoms with Crippen molar-refractivity contribution in [1.29, 1.82) is 0 Å². The van der Waals surface area contributed by atoms with Crippen LogP contribution in [0, 0.1) is 5.92 Å². The van der Waals surface area contributed by atoms with Crippen LogP contribution in [-0.2, 0) is 57.2 Å². The highest BCUT2D eigenvalue weighted by Gasteiger charge is 2.26. The molecule has 0 aromatic carbocycles. The lowest BCUT2D eigenvalue weighted by atomic mass is 10.00. The first kappa shape index (κ1) is 64.3. The minimum atomic E-state index is -1.00. The lowest BCUT2D eigenvalue weighted by Crippen LogP contribution is -2.39. The van der Waals surface area contributed by atoms with Gasteiger partial charge < -0.3 is 33.3 Å². The van der Waals surface area contributed by atoms with E-state index in [2.05, 4.69) is 27.7 Å². The molecule has 0 bridgehead atoms. The first-order chi connectivity index (χ1) is 32.6. The van der Waals surface area contributed by atoms with Gasteiger partial charge in [-0.2, -0.15) is 0 Å². The SMILES string of the molecule is CCCCCCCCC(=O)C[C@H](COC(=O)CCCCCCCC)COC(=O)CCN(CCC(=O)OC[C@@H](COC(=O)CCCCCCCC)OC(=O)CCCCCCCC)C(=O)OC(C)(C)C. The Labute approximate surface area is 412 Å². The average Bonchev–Trinajstić information content (AvgIpc) is 3.29. The average molecular weight is 968 g/mol. The molecule has 0 aromatic heterocycles. The van der Waals surface area contributed by atoms with Gasteiger partial charge in [0.15, 0.2) is 6.10 Å². The molecule has 1 amide bonds. The van der Waals surface area contributed by atoms with Crippen LogP contribution in [0.15, 0.2) is 0 Å². The molecule has 0 saturated carbocycles. The molecule has 396 valence electrons. The van der Waals surface area contributed by atoms with Crippen molar-refractivity contribution in [3.8, 4) is 0 Å². The Morgan fingerprint density at radius 2 is 0.721 bits per heavy atom. The van der Waals surface area contributed by atoms with E-state index in [4.69, 9.17) is 28.4 Å². The molecule has 0 aliphatic rings. The summed E-state index contributed by atoms with van der Waals surface area (Å²) in [6, 6.07) is 0. The van der Waals surface area contributed by atoms with Crippen LogP contribution in [0.25, 0.3) is 0 Å². The summed E-state index contributed by atoms with van der Waals surface area (Å²) in [5.41, 5.74) is -0.864. The zero-order valence-corrected chi connectivity index (χ0v) is 44.1. The van der Waals surface area contributed by atoms with Crippen LogP contribution >= 0.6 is 0 Å². The molecule has 0 aromatic rings. The number of amides is 1. The van der Waals surface area contributed by atoms with Gasteiger partial charge in [0.25, 0.3) is 0 Å². The molecule has 14 nitrogen and oxygen atoms in total. The summed E-state index contributed by atoms with van der Waals surface area (Å²) >= 11 is 0. The molecule has 0 N–H and O–H groups in total. The van der Waals surface area contributed by atoms with Crippen molar-refractivity contribution in [1.82, 2.24) is 4.90 Å². The summed E-state index contributed by atoms with van der Waals surface area (Å²) in [4.78, 5) is 91.5. The van der Waals surface area contributed by atoms with Crippen LogP contribution < -0.4 is 0 Å². The summed E-state index contributed by atoms with van der Waals surface area (Å²) < 4.78 is 33.3. The molecule has 0 spiro atoms. The minimum absolute atomic E-state index is 0.0265. The van der Waals surface area contributed by atoms with Crippen molar-refractivity contribution in [3.05, 3.63) is 0 Å². The van der Waals surface area contributed by atoms with Gasteiger partial charge in [-0.05, 0) is 46.5 Å². The van der Waals surface area contributed by atoms with Gasteiger partial charge in [-0.3, -0.25) is 28.8 Å². The van der Waals surface area contributed by atoms with Crippen molar-refractivity contribution in [3.63, 3.8) is 0 Å². The normalized spacial score (nSPS) is 12.2. The number of carbonyl (C=O) groups excluding carboxylic acids is 7. The van der Waals surface area contributed by atoms with Crippen molar-refractivity contribution >= 4 is 41.7 Å². The number of esters is 5. The number of carbonyl (C=O) groups is 7. The Kier molecular flexibility index (Phi) is 41.0. The van der Waals surface area contributed by atoms with E-state index in [0.29, 0.717) is 25.7 Å². The predicted molar refractivity (Wildman–Crippen MR) is 266 cm³/mol. The van der Waals surface area contributed by atoms with E-state index >= 15 is 0 Å². The van der Waals surface area contributed by atoms with Gasteiger partial charge in [-0.15, -0.1) is 0 Å². The third-order valence-electron chi connectivity index (χ3n) is 11.5. The Bertz CT molecular complexity index is 1260. The molecule has 0 unspecified atom stereocenters. The van der Waals surface area contributed by atoms with E-state index in [9.17, 15) is 33.6 Å². The second-order valence-electron chi connectivity index (χ2n) is 19.5. The van der Waals surface area contributed by atoms with Crippen molar-refractivity contribution in [2.24, 2.45) is 5.92 Å². The first-order valence-electron chi connectivity index (χ1n) is 26.9. The highest BCUT2D eigenvalue weighted by molar-refractivity contribution is 5.79. The maximum absolute atomic E-state index is 13.3. The summed E-state index contributed by atoms with van der Waals surface area (Å²) in [6.07, 6.45) is 23.6. The third kappa shape index (κ3) is 41.3. The van der Waals surface area contributed by atoms with Crippen LogP contribution in [-0.4, -0.2) is 97.8 Å². The second-order valence-corrected chi connectivity index (χ2v) is 19.5. The first-order valence-corrected chi connectivity index (χ1v) is 26.9. The summed E-state index contributed by atoms with van der Waals surface area (Å²) in [5, 5.41) is 0. The number of hydrogen-bond donors (Lipinski definition) is 0. The fraction of sp³-hybridized carbons (Fsp3) is 0.870. The number of rotatable bonds is 45. The van der Waals surface area contributed by atoms with E-state index < -0.39 is 47.6 Å². The molecule has 0 fully saturated rings. The highest BCUT2D eigenvalue weighted by Crippen LogP contribution is 2.16. The number of ether oxygens (including phenoxy) is 6. The van der Waals surface area contributed by atoms with Crippen LogP contribution in [0.5, 0.6) is 0 Å². The Balaban J connectivity index is 5.49. The standard InChI is InChI=1S/C54H97NO13/c1-8-12-16-20-24-28-32-46(56)40-45(41-63-48(57)33-29-25-21-17-13-9-2)42-64-50(59)36-38-55(53(62)68-54(5,6)7)39-37-51(60)66-44-47(67-52(61)35-31-27-23-19-15-11-4)43-65-49(58)34-30-26-22-18-14-10-3/h45,47H,8-44H2,1-7H3/t45-,47-/m1/s1. The van der Waals surface area contributed by atoms with Crippen LogP contribution in [0.1, 0.15) is 248 Å². The van der Waals surface area contributed by atoms with E-state index in [-0.39, 0.29) is 83.4 Å². The molecular weight excluding hydrogens is 871 g/mol. The maximum atomic E-state index is 13.3. The van der Waals surface area contributed by atoms with Crippen LogP contribution in [0.2, 0.25) is 0 Å². The van der Waals surface area contributed by atoms with E-state index in [1.165, 1.54) is 17.7 Å². The van der Waals surface area contributed by atoms with Gasteiger partial charge in [-0.25, -0.2) is 4.79 Å². The molecule has 68 heavy (non-hydrogen) atoms. The minimum Gasteiger partial charge on any atom is -0.465 e. The molecule has 0 rings (SSSR count). The van der Waals surface area contributed by atoms with Gasteiger partial charge >= 0.3 is 35.9 Å². The summed E-state index contributed by atoms with van der Waals surface area (Å²) in [6.45, 7) is 12.6. The van der Waals surface area contributed by atoms with Gasteiger partial charge in [0.05, 0.1) is 26.1 Å². The maximum Gasteiger partial charge on any atom is 0.410 e. The van der Waals surface area contributed by atoms with Gasteiger partial charge in [0.1, 0.15) is 24.6 Å². The predicted octanol–water partition coefficient (Wildman–Crippen LogP) is 12.7. The smallest absolute Gasteiger partial charge is 0.410 e. The number of unbranched alkanes of at least 4 members (excludes halogenated alkanes) is 20. The monoisotopic (exact) mass is 968 g/mol. The largest absolute Gasteiger partial charge is 0.465 e. The van der Waals surface area contributed by atoms with E-state index in [1.54, 1.807) is 20.8 Å². The fourth-order valence-electron chi connectivity index (χ4n) is 7.36. The quantitative estimate of drug-likeness (QED) is 0.0320. The van der Waals surface area contributed by atoms with Crippen LogP contribution in [0.3, 0.4) is 0 Å². The molecule has 0 radical (unpaired) electrons. The summed E-state index contributed by atoms with van der Waals surface area (Å²) in [5.74, 6) is -3.04. The number of hydrogen-bond acceptors (Lipinski definition) is 13. The lowest BCUT2D eigenvalue weighted by molar-refractivity contribution is -0.167. The lowest BCUT2D eigenvalue weighted by Gasteiger charge is -2.27. The molecule has 0 heterocycles. The Hall–Kier alpha value is -3.71. The topological polar surface area (TPSA) is 178 Å². The fourth-order valence-corrected chi connectivity index (χ4v) is 7.36. The Morgan fingerprint density at radius 1 is 0.397 bits per heavy atom. The van der Waals surface area contributed by atoms with Gasteiger partial charge in [0.2, 0.25) is 0 Å². The zero-order chi connectivity index (χ0) is 50.7. The van der Waals surface area contributed by atoms with Crippen molar-refractivity contribution in [2.75, 3.05) is 39.5 Å². The van der Waals surface area contributed by atoms with E-state index in [1.807, 2.05) is 0 Å². The highest BCUT2D eigenvalue weighted by atomic mass is 16.6.